The Bertz CT molecular complexity index is 514. The molecule has 108 valence electrons. The maximum Gasteiger partial charge on any atom is 0.337 e. The molecule has 3 atom stereocenters. The van der Waals surface area contributed by atoms with E-state index in [0.29, 0.717) is 22.9 Å². The van der Waals surface area contributed by atoms with Crippen molar-refractivity contribution in [3.05, 3.63) is 23.8 Å². The highest BCUT2D eigenvalue weighted by atomic mass is 16.5. The number of carboxylic acids is 1. The van der Waals surface area contributed by atoms with E-state index in [1.807, 2.05) is 0 Å². The average Bonchev–Trinajstić information content (AvgIpc) is 3.07. The minimum atomic E-state index is -0.900. The van der Waals surface area contributed by atoms with Gasteiger partial charge in [0.05, 0.1) is 18.4 Å². The second-order valence-corrected chi connectivity index (χ2v) is 6.03. The Balaban J connectivity index is 1.71. The summed E-state index contributed by atoms with van der Waals surface area (Å²) in [4.78, 5) is 11.3. The monoisotopic (exact) mass is 275 g/mol. The van der Waals surface area contributed by atoms with Gasteiger partial charge in [-0.15, -0.1) is 0 Å². The zero-order valence-corrected chi connectivity index (χ0v) is 11.8. The summed E-state index contributed by atoms with van der Waals surface area (Å²) in [6, 6.07) is 5.06. The van der Waals surface area contributed by atoms with Crippen molar-refractivity contribution in [2.45, 2.75) is 25.7 Å². The van der Waals surface area contributed by atoms with Crippen LogP contribution in [-0.2, 0) is 0 Å². The molecule has 0 spiro atoms. The van der Waals surface area contributed by atoms with E-state index in [0.717, 1.165) is 18.4 Å². The topological polar surface area (TPSA) is 58.6 Å². The predicted molar refractivity (Wildman–Crippen MR) is 77.4 cm³/mol. The van der Waals surface area contributed by atoms with E-state index in [2.05, 4.69) is 5.32 Å². The Labute approximate surface area is 119 Å². The van der Waals surface area contributed by atoms with Crippen LogP contribution in [-0.4, -0.2) is 24.7 Å². The smallest absolute Gasteiger partial charge is 0.337 e. The zero-order chi connectivity index (χ0) is 14.1. The first-order valence-corrected chi connectivity index (χ1v) is 7.32. The highest BCUT2D eigenvalue weighted by Crippen LogP contribution is 2.48. The van der Waals surface area contributed by atoms with Gasteiger partial charge in [0, 0.05) is 12.6 Å². The van der Waals surface area contributed by atoms with Crippen LogP contribution in [0.3, 0.4) is 0 Å². The summed E-state index contributed by atoms with van der Waals surface area (Å²) < 4.78 is 5.18. The Morgan fingerprint density at radius 3 is 2.85 bits per heavy atom. The lowest BCUT2D eigenvalue weighted by Crippen LogP contribution is -2.21. The fourth-order valence-electron chi connectivity index (χ4n) is 3.85. The Kier molecular flexibility index (Phi) is 3.55. The second-order valence-electron chi connectivity index (χ2n) is 6.03. The molecule has 0 radical (unpaired) electrons. The van der Waals surface area contributed by atoms with Crippen LogP contribution in [0.4, 0.5) is 5.69 Å². The van der Waals surface area contributed by atoms with Crippen LogP contribution < -0.4 is 10.1 Å². The summed E-state index contributed by atoms with van der Waals surface area (Å²) >= 11 is 0. The van der Waals surface area contributed by atoms with E-state index < -0.39 is 5.97 Å². The molecule has 2 saturated carbocycles. The SMILES string of the molecule is COc1ccc(C(=O)O)c(NCC2CC3CCC2C3)c1. The number of benzene rings is 1. The number of rotatable bonds is 5. The summed E-state index contributed by atoms with van der Waals surface area (Å²) in [7, 11) is 1.59. The molecule has 3 rings (SSSR count). The van der Waals surface area contributed by atoms with Crippen molar-refractivity contribution in [3.8, 4) is 5.75 Å². The molecule has 2 fully saturated rings. The number of carboxylic acid groups (broad SMARTS) is 1. The van der Waals surface area contributed by atoms with E-state index in [9.17, 15) is 9.90 Å². The largest absolute Gasteiger partial charge is 0.497 e. The number of fused-ring (bicyclic) bond motifs is 2. The third-order valence-corrected chi connectivity index (χ3v) is 4.90. The van der Waals surface area contributed by atoms with Crippen molar-refractivity contribution in [2.75, 3.05) is 19.0 Å². The summed E-state index contributed by atoms with van der Waals surface area (Å²) in [5.74, 6) is 2.23. The van der Waals surface area contributed by atoms with Crippen LogP contribution >= 0.6 is 0 Å². The predicted octanol–water partition coefficient (Wildman–Crippen LogP) is 3.24. The summed E-state index contributed by atoms with van der Waals surface area (Å²) in [6.07, 6.45) is 5.40. The quantitative estimate of drug-likeness (QED) is 0.866. The van der Waals surface area contributed by atoms with Crippen LogP contribution in [0.5, 0.6) is 5.75 Å². The molecule has 2 N–H and O–H groups in total. The van der Waals surface area contributed by atoms with Gasteiger partial charge in [0.15, 0.2) is 0 Å². The Hall–Kier alpha value is -1.71. The molecule has 0 amide bonds. The summed E-state index contributed by atoms with van der Waals surface area (Å²) in [6.45, 7) is 0.870. The minimum absolute atomic E-state index is 0.314. The first kappa shape index (κ1) is 13.3. The first-order valence-electron chi connectivity index (χ1n) is 7.32. The van der Waals surface area contributed by atoms with Crippen LogP contribution in [0, 0.1) is 17.8 Å². The fraction of sp³-hybridized carbons (Fsp3) is 0.562. The van der Waals surface area contributed by atoms with Crippen molar-refractivity contribution < 1.29 is 14.6 Å². The van der Waals surface area contributed by atoms with Gasteiger partial charge in [-0.05, 0) is 49.1 Å². The molecule has 0 heterocycles. The van der Waals surface area contributed by atoms with Gasteiger partial charge in [0.2, 0.25) is 0 Å². The van der Waals surface area contributed by atoms with Crippen LogP contribution in [0.2, 0.25) is 0 Å². The maximum atomic E-state index is 11.3. The van der Waals surface area contributed by atoms with E-state index in [4.69, 9.17) is 4.74 Å². The fourth-order valence-corrected chi connectivity index (χ4v) is 3.85. The maximum absolute atomic E-state index is 11.3. The molecule has 0 saturated heterocycles. The third-order valence-electron chi connectivity index (χ3n) is 4.90. The van der Waals surface area contributed by atoms with Gasteiger partial charge in [0.25, 0.3) is 0 Å². The summed E-state index contributed by atoms with van der Waals surface area (Å²) in [5, 5.41) is 12.6. The van der Waals surface area contributed by atoms with Crippen LogP contribution in [0.25, 0.3) is 0 Å². The molecule has 1 aromatic carbocycles. The number of hydrogen-bond donors (Lipinski definition) is 2. The van der Waals surface area contributed by atoms with Gasteiger partial charge in [-0.2, -0.15) is 0 Å². The van der Waals surface area contributed by atoms with Crippen molar-refractivity contribution in [2.24, 2.45) is 17.8 Å². The lowest BCUT2D eigenvalue weighted by molar-refractivity contribution is 0.0698. The lowest BCUT2D eigenvalue weighted by Gasteiger charge is -2.23. The zero-order valence-electron chi connectivity index (χ0n) is 11.8. The van der Waals surface area contributed by atoms with Gasteiger partial charge in [-0.1, -0.05) is 6.42 Å². The van der Waals surface area contributed by atoms with E-state index >= 15 is 0 Å². The number of nitrogens with one attached hydrogen (secondary N) is 1. The van der Waals surface area contributed by atoms with E-state index in [-0.39, 0.29) is 0 Å². The molecule has 2 aliphatic carbocycles. The number of hydrogen-bond acceptors (Lipinski definition) is 3. The van der Waals surface area contributed by atoms with Crippen molar-refractivity contribution in [3.63, 3.8) is 0 Å². The molecule has 4 nitrogen and oxygen atoms in total. The molecule has 20 heavy (non-hydrogen) atoms. The lowest BCUT2D eigenvalue weighted by atomic mass is 9.89. The molecular weight excluding hydrogens is 254 g/mol. The molecule has 3 unspecified atom stereocenters. The van der Waals surface area contributed by atoms with Gasteiger partial charge in [-0.25, -0.2) is 4.79 Å². The van der Waals surface area contributed by atoms with Crippen molar-refractivity contribution in [1.82, 2.24) is 0 Å². The van der Waals surface area contributed by atoms with Crippen molar-refractivity contribution in [1.29, 1.82) is 0 Å². The number of anilines is 1. The molecule has 0 aliphatic heterocycles. The molecule has 2 aliphatic rings. The Morgan fingerprint density at radius 1 is 1.40 bits per heavy atom. The molecule has 2 bridgehead atoms. The first-order chi connectivity index (χ1) is 9.67. The minimum Gasteiger partial charge on any atom is -0.497 e. The number of aromatic carboxylic acids is 1. The van der Waals surface area contributed by atoms with Gasteiger partial charge in [0.1, 0.15) is 5.75 Å². The van der Waals surface area contributed by atoms with Gasteiger partial charge in [-0.3, -0.25) is 0 Å². The molecule has 4 heteroatoms. The highest BCUT2D eigenvalue weighted by molar-refractivity contribution is 5.94. The summed E-state index contributed by atoms with van der Waals surface area (Å²) in [5.41, 5.74) is 0.980. The molecule has 1 aromatic rings. The van der Waals surface area contributed by atoms with Gasteiger partial charge >= 0.3 is 5.97 Å². The standard InChI is InChI=1S/C16H21NO3/c1-20-13-4-5-14(16(18)19)15(8-13)17-9-12-7-10-2-3-11(12)6-10/h4-5,8,10-12,17H,2-3,6-7,9H2,1H3,(H,18,19). The molecule has 0 aromatic heterocycles. The van der Waals surface area contributed by atoms with Crippen molar-refractivity contribution >= 4 is 11.7 Å². The highest BCUT2D eigenvalue weighted by Gasteiger charge is 2.39. The number of methoxy groups -OCH3 is 1. The van der Waals surface area contributed by atoms with E-state index in [1.54, 1.807) is 25.3 Å². The average molecular weight is 275 g/mol. The third kappa shape index (κ3) is 2.47. The van der Waals surface area contributed by atoms with E-state index in [1.165, 1.54) is 25.7 Å². The molecular formula is C16H21NO3. The van der Waals surface area contributed by atoms with Crippen LogP contribution in [0.15, 0.2) is 18.2 Å². The second kappa shape index (κ2) is 5.35. The number of ether oxygens (including phenoxy) is 1. The van der Waals surface area contributed by atoms with Crippen LogP contribution in [0.1, 0.15) is 36.0 Å². The van der Waals surface area contributed by atoms with Gasteiger partial charge < -0.3 is 15.2 Å². The Morgan fingerprint density at radius 2 is 2.25 bits per heavy atom. The number of carbonyl (C=O) groups is 1. The normalized spacial score (nSPS) is 27.6.